The van der Waals surface area contributed by atoms with Crippen molar-refractivity contribution in [1.29, 1.82) is 0 Å². The van der Waals surface area contributed by atoms with Crippen molar-refractivity contribution in [1.82, 2.24) is 10.3 Å². The lowest BCUT2D eigenvalue weighted by Crippen LogP contribution is -2.25. The van der Waals surface area contributed by atoms with Gasteiger partial charge in [-0.25, -0.2) is 13.4 Å². The van der Waals surface area contributed by atoms with Crippen molar-refractivity contribution in [3.8, 4) is 0 Å². The SMILES string of the molecule is CS(=O)(=O)CCCNC(=O)c1ccc2nc(N)sc2c1. The number of benzene rings is 1. The van der Waals surface area contributed by atoms with E-state index in [0.29, 0.717) is 23.7 Å². The summed E-state index contributed by atoms with van der Waals surface area (Å²) in [4.78, 5) is 16.0. The maximum Gasteiger partial charge on any atom is 0.251 e. The molecular weight excluding hydrogens is 298 g/mol. The van der Waals surface area contributed by atoms with E-state index in [0.717, 1.165) is 10.2 Å². The minimum Gasteiger partial charge on any atom is -0.375 e. The monoisotopic (exact) mass is 313 g/mol. The molecule has 20 heavy (non-hydrogen) atoms. The number of carbonyl (C=O) groups excluding carboxylic acids is 1. The van der Waals surface area contributed by atoms with Gasteiger partial charge in [0.1, 0.15) is 9.84 Å². The molecule has 1 aromatic carbocycles. The molecule has 2 rings (SSSR count). The summed E-state index contributed by atoms with van der Waals surface area (Å²) in [6.45, 7) is 0.328. The van der Waals surface area contributed by atoms with Crippen LogP contribution in [0, 0.1) is 0 Å². The number of rotatable bonds is 5. The Hall–Kier alpha value is -1.67. The molecule has 0 saturated heterocycles. The molecule has 0 spiro atoms. The van der Waals surface area contributed by atoms with Crippen LogP contribution >= 0.6 is 11.3 Å². The van der Waals surface area contributed by atoms with Crippen LogP contribution in [0.25, 0.3) is 10.2 Å². The molecule has 3 N–H and O–H groups in total. The highest BCUT2D eigenvalue weighted by molar-refractivity contribution is 7.90. The van der Waals surface area contributed by atoms with Crippen LogP contribution in [0.4, 0.5) is 5.13 Å². The molecule has 0 aliphatic carbocycles. The Labute approximate surface area is 120 Å². The minimum absolute atomic E-state index is 0.0672. The average molecular weight is 313 g/mol. The van der Waals surface area contributed by atoms with E-state index in [1.165, 1.54) is 17.6 Å². The molecule has 0 aliphatic heterocycles. The van der Waals surface area contributed by atoms with Crippen LogP contribution in [0.5, 0.6) is 0 Å². The van der Waals surface area contributed by atoms with Gasteiger partial charge in [-0.2, -0.15) is 0 Å². The summed E-state index contributed by atoms with van der Waals surface area (Å²) < 4.78 is 22.8. The summed E-state index contributed by atoms with van der Waals surface area (Å²) in [6.07, 6.45) is 1.58. The van der Waals surface area contributed by atoms with Gasteiger partial charge in [0.05, 0.1) is 16.0 Å². The van der Waals surface area contributed by atoms with E-state index in [-0.39, 0.29) is 11.7 Å². The van der Waals surface area contributed by atoms with E-state index >= 15 is 0 Å². The first-order valence-electron chi connectivity index (χ1n) is 5.97. The topological polar surface area (TPSA) is 102 Å². The number of hydrogen-bond acceptors (Lipinski definition) is 6. The standard InChI is InChI=1S/C12H15N3O3S2/c1-20(17,18)6-2-5-14-11(16)8-3-4-9-10(7-8)19-12(13)15-9/h3-4,7H,2,5-6H2,1H3,(H2,13,15)(H,14,16). The molecule has 0 bridgehead atoms. The number of fused-ring (bicyclic) bond motifs is 1. The Morgan fingerprint density at radius 2 is 2.20 bits per heavy atom. The van der Waals surface area contributed by atoms with Crippen molar-refractivity contribution in [3.63, 3.8) is 0 Å². The molecule has 0 aliphatic rings. The van der Waals surface area contributed by atoms with Crippen molar-refractivity contribution in [2.24, 2.45) is 0 Å². The molecule has 0 atom stereocenters. The fourth-order valence-electron chi connectivity index (χ4n) is 1.72. The highest BCUT2D eigenvalue weighted by Gasteiger charge is 2.09. The number of carbonyl (C=O) groups is 1. The second-order valence-electron chi connectivity index (χ2n) is 4.47. The zero-order valence-electron chi connectivity index (χ0n) is 10.9. The number of anilines is 1. The maximum absolute atomic E-state index is 11.9. The van der Waals surface area contributed by atoms with Crippen LogP contribution < -0.4 is 11.1 Å². The number of amides is 1. The molecule has 0 fully saturated rings. The van der Waals surface area contributed by atoms with Crippen LogP contribution in [0.3, 0.4) is 0 Å². The second-order valence-corrected chi connectivity index (χ2v) is 7.80. The smallest absolute Gasteiger partial charge is 0.251 e. The van der Waals surface area contributed by atoms with Crippen molar-refractivity contribution < 1.29 is 13.2 Å². The van der Waals surface area contributed by atoms with Crippen molar-refractivity contribution in [3.05, 3.63) is 23.8 Å². The Balaban J connectivity index is 1.97. The number of hydrogen-bond donors (Lipinski definition) is 2. The van der Waals surface area contributed by atoms with E-state index < -0.39 is 9.84 Å². The number of aromatic nitrogens is 1. The number of thiazole rings is 1. The molecule has 0 saturated carbocycles. The fraction of sp³-hybridized carbons (Fsp3) is 0.333. The highest BCUT2D eigenvalue weighted by Crippen LogP contribution is 2.24. The van der Waals surface area contributed by atoms with Gasteiger partial charge in [0.25, 0.3) is 5.91 Å². The van der Waals surface area contributed by atoms with E-state index in [9.17, 15) is 13.2 Å². The first kappa shape index (κ1) is 14.7. The van der Waals surface area contributed by atoms with Gasteiger partial charge in [-0.05, 0) is 24.6 Å². The number of sulfone groups is 1. The lowest BCUT2D eigenvalue weighted by atomic mass is 10.2. The molecule has 1 amide bonds. The highest BCUT2D eigenvalue weighted by atomic mass is 32.2. The molecule has 1 heterocycles. The molecule has 0 radical (unpaired) electrons. The molecule has 0 unspecified atom stereocenters. The summed E-state index contributed by atoms with van der Waals surface area (Å²) in [6, 6.07) is 5.15. The first-order valence-corrected chi connectivity index (χ1v) is 8.85. The third-order valence-electron chi connectivity index (χ3n) is 2.64. The van der Waals surface area contributed by atoms with Gasteiger partial charge in [-0.1, -0.05) is 11.3 Å². The van der Waals surface area contributed by atoms with Gasteiger partial charge in [-0.15, -0.1) is 0 Å². The Kier molecular flexibility index (Phi) is 4.24. The predicted octanol–water partition coefficient (Wildman–Crippen LogP) is 1.04. The number of nitrogens with two attached hydrogens (primary N) is 1. The summed E-state index contributed by atoms with van der Waals surface area (Å²) in [5.74, 6) is -0.162. The third kappa shape index (κ3) is 3.91. The fourth-order valence-corrected chi connectivity index (χ4v) is 3.16. The van der Waals surface area contributed by atoms with E-state index in [2.05, 4.69) is 10.3 Å². The van der Waals surface area contributed by atoms with Gasteiger partial charge in [0, 0.05) is 18.4 Å². The second kappa shape index (κ2) is 5.76. The van der Waals surface area contributed by atoms with Gasteiger partial charge in [-0.3, -0.25) is 4.79 Å². The summed E-state index contributed by atoms with van der Waals surface area (Å²) in [7, 11) is -2.98. The van der Waals surface area contributed by atoms with Crippen LogP contribution in [0.1, 0.15) is 16.8 Å². The van der Waals surface area contributed by atoms with Crippen molar-refractivity contribution in [2.45, 2.75) is 6.42 Å². The van der Waals surface area contributed by atoms with Crippen LogP contribution in [-0.4, -0.2) is 37.9 Å². The predicted molar refractivity (Wildman–Crippen MR) is 80.7 cm³/mol. The average Bonchev–Trinajstić information content (AvgIpc) is 2.72. The summed E-state index contributed by atoms with van der Waals surface area (Å²) in [5.41, 5.74) is 6.88. The molecule has 2 aromatic rings. The molecule has 6 nitrogen and oxygen atoms in total. The minimum atomic E-state index is -2.98. The number of nitrogens with one attached hydrogen (secondary N) is 1. The van der Waals surface area contributed by atoms with E-state index in [4.69, 9.17) is 5.73 Å². The van der Waals surface area contributed by atoms with E-state index in [1.54, 1.807) is 18.2 Å². The summed E-state index contributed by atoms with van der Waals surface area (Å²) in [5, 5.41) is 3.16. The maximum atomic E-state index is 11.9. The Morgan fingerprint density at radius 1 is 1.45 bits per heavy atom. The first-order chi connectivity index (χ1) is 9.35. The van der Waals surface area contributed by atoms with Gasteiger partial charge in [0.15, 0.2) is 5.13 Å². The van der Waals surface area contributed by atoms with E-state index in [1.807, 2.05) is 0 Å². The Bertz CT molecular complexity index is 737. The van der Waals surface area contributed by atoms with Crippen LogP contribution in [0.15, 0.2) is 18.2 Å². The van der Waals surface area contributed by atoms with Crippen molar-refractivity contribution >= 4 is 42.4 Å². The van der Waals surface area contributed by atoms with Gasteiger partial charge < -0.3 is 11.1 Å². The normalized spacial score (nSPS) is 11.7. The number of nitrogens with zero attached hydrogens (tertiary/aromatic N) is 1. The zero-order chi connectivity index (χ0) is 14.8. The number of nitrogen functional groups attached to an aromatic ring is 1. The molecule has 1 aromatic heterocycles. The quantitative estimate of drug-likeness (QED) is 0.803. The largest absolute Gasteiger partial charge is 0.375 e. The van der Waals surface area contributed by atoms with Crippen LogP contribution in [0.2, 0.25) is 0 Å². The zero-order valence-corrected chi connectivity index (χ0v) is 12.6. The lowest BCUT2D eigenvalue weighted by Gasteiger charge is -2.04. The van der Waals surface area contributed by atoms with Gasteiger partial charge >= 0.3 is 0 Å². The van der Waals surface area contributed by atoms with Gasteiger partial charge in [0.2, 0.25) is 0 Å². The Morgan fingerprint density at radius 3 is 2.90 bits per heavy atom. The molecule has 108 valence electrons. The lowest BCUT2D eigenvalue weighted by molar-refractivity contribution is 0.0954. The third-order valence-corrected chi connectivity index (χ3v) is 4.52. The summed E-state index contributed by atoms with van der Waals surface area (Å²) >= 11 is 1.32. The molecular formula is C12H15N3O3S2. The van der Waals surface area contributed by atoms with Crippen LogP contribution in [-0.2, 0) is 9.84 Å². The molecule has 8 heteroatoms. The van der Waals surface area contributed by atoms with Crippen molar-refractivity contribution in [2.75, 3.05) is 24.3 Å².